The van der Waals surface area contributed by atoms with E-state index in [0.717, 1.165) is 18.4 Å². The Hall–Kier alpha value is -0.640. The Balaban J connectivity index is 1.74. The van der Waals surface area contributed by atoms with Crippen molar-refractivity contribution in [1.82, 2.24) is 5.32 Å². The number of nitrogens with one attached hydrogen (secondary N) is 1. The minimum atomic E-state index is 0.511. The molecule has 3 rings (SSSR count). The molecule has 20 heavy (non-hydrogen) atoms. The smallest absolute Gasteiger partial charge is 0.0701 e. The second-order valence-electron chi connectivity index (χ2n) is 5.49. The summed E-state index contributed by atoms with van der Waals surface area (Å²) in [6.07, 6.45) is 2.49. The van der Waals surface area contributed by atoms with E-state index >= 15 is 0 Å². The molecule has 3 atom stereocenters. The third-order valence-corrected chi connectivity index (χ3v) is 5.72. The van der Waals surface area contributed by atoms with Gasteiger partial charge in [0.25, 0.3) is 0 Å². The second kappa shape index (κ2) is 6.42. The molecule has 2 aromatic rings. The molecule has 1 aliphatic carbocycles. The van der Waals surface area contributed by atoms with E-state index in [4.69, 9.17) is 0 Å². The van der Waals surface area contributed by atoms with Crippen molar-refractivity contribution in [2.45, 2.75) is 31.7 Å². The van der Waals surface area contributed by atoms with E-state index in [0.29, 0.717) is 6.04 Å². The van der Waals surface area contributed by atoms with E-state index in [9.17, 15) is 0 Å². The fourth-order valence-electron chi connectivity index (χ4n) is 2.92. The van der Waals surface area contributed by atoms with Gasteiger partial charge in [-0.2, -0.15) is 0 Å². The van der Waals surface area contributed by atoms with E-state index in [1.807, 2.05) is 11.3 Å². The van der Waals surface area contributed by atoms with Crippen LogP contribution >= 0.6 is 27.3 Å². The SMILES string of the molecule is CCCNC(c1ccc(Br)s1)C1CC1c1ccccc1. The Morgan fingerprint density at radius 3 is 2.70 bits per heavy atom. The van der Waals surface area contributed by atoms with Gasteiger partial charge in [-0.1, -0.05) is 37.3 Å². The highest BCUT2D eigenvalue weighted by molar-refractivity contribution is 9.11. The first-order valence-corrected chi connectivity index (χ1v) is 8.94. The van der Waals surface area contributed by atoms with E-state index in [1.165, 1.54) is 27.1 Å². The summed E-state index contributed by atoms with van der Waals surface area (Å²) < 4.78 is 1.23. The number of rotatable bonds is 6. The molecule has 1 N–H and O–H groups in total. The molecule has 1 aromatic carbocycles. The number of benzene rings is 1. The Kier molecular flexibility index (Phi) is 4.59. The first-order chi connectivity index (χ1) is 9.79. The van der Waals surface area contributed by atoms with E-state index in [2.05, 4.69) is 70.6 Å². The Bertz CT molecular complexity index is 551. The summed E-state index contributed by atoms with van der Waals surface area (Å²) in [6.45, 7) is 3.33. The molecule has 0 saturated heterocycles. The molecule has 0 aliphatic heterocycles. The van der Waals surface area contributed by atoms with Crippen molar-refractivity contribution in [3.8, 4) is 0 Å². The molecule has 0 amide bonds. The van der Waals surface area contributed by atoms with Gasteiger partial charge in [-0.25, -0.2) is 0 Å². The summed E-state index contributed by atoms with van der Waals surface area (Å²) in [5.41, 5.74) is 1.50. The molecule has 3 heteroatoms. The number of halogens is 1. The highest BCUT2D eigenvalue weighted by atomic mass is 79.9. The van der Waals surface area contributed by atoms with Crippen LogP contribution in [0.4, 0.5) is 0 Å². The lowest BCUT2D eigenvalue weighted by atomic mass is 10.0. The predicted octanol–water partition coefficient (Wildman–Crippen LogP) is 5.36. The molecule has 1 nitrogen and oxygen atoms in total. The molecule has 3 unspecified atom stereocenters. The third-order valence-electron chi connectivity index (χ3n) is 4.01. The number of hydrogen-bond donors (Lipinski definition) is 1. The molecule has 1 fully saturated rings. The molecular weight excluding hydrogens is 330 g/mol. The summed E-state index contributed by atoms with van der Waals surface area (Å²) in [5, 5.41) is 3.75. The molecule has 0 spiro atoms. The zero-order valence-corrected chi connectivity index (χ0v) is 14.1. The van der Waals surface area contributed by atoms with Gasteiger partial charge in [0.1, 0.15) is 0 Å². The largest absolute Gasteiger partial charge is 0.309 e. The average molecular weight is 350 g/mol. The highest BCUT2D eigenvalue weighted by Crippen LogP contribution is 2.54. The Morgan fingerprint density at radius 2 is 2.05 bits per heavy atom. The van der Waals surface area contributed by atoms with Crippen LogP contribution < -0.4 is 5.32 Å². The van der Waals surface area contributed by atoms with Crippen LogP contribution in [-0.4, -0.2) is 6.54 Å². The van der Waals surface area contributed by atoms with Crippen LogP contribution in [0.25, 0.3) is 0 Å². The lowest BCUT2D eigenvalue weighted by Crippen LogP contribution is -2.23. The molecule has 1 saturated carbocycles. The van der Waals surface area contributed by atoms with Crippen LogP contribution in [0, 0.1) is 5.92 Å². The van der Waals surface area contributed by atoms with Crippen LogP contribution in [0.5, 0.6) is 0 Å². The van der Waals surface area contributed by atoms with Crippen molar-refractivity contribution in [2.75, 3.05) is 6.54 Å². The zero-order valence-electron chi connectivity index (χ0n) is 11.7. The lowest BCUT2D eigenvalue weighted by Gasteiger charge is -2.17. The van der Waals surface area contributed by atoms with E-state index in [-0.39, 0.29) is 0 Å². The molecule has 0 bridgehead atoms. The predicted molar refractivity (Wildman–Crippen MR) is 90.3 cm³/mol. The molecule has 1 heterocycles. The molecular formula is C17H20BrNS. The summed E-state index contributed by atoms with van der Waals surface area (Å²) in [6, 6.07) is 15.9. The van der Waals surface area contributed by atoms with Gasteiger partial charge in [0.05, 0.1) is 3.79 Å². The number of thiophene rings is 1. The van der Waals surface area contributed by atoms with Gasteiger partial charge >= 0.3 is 0 Å². The van der Waals surface area contributed by atoms with Gasteiger partial charge < -0.3 is 5.32 Å². The minimum Gasteiger partial charge on any atom is -0.309 e. The van der Waals surface area contributed by atoms with Crippen molar-refractivity contribution >= 4 is 27.3 Å². The Labute approximate surface area is 133 Å². The third kappa shape index (κ3) is 3.16. The van der Waals surface area contributed by atoms with Crippen molar-refractivity contribution < 1.29 is 0 Å². The van der Waals surface area contributed by atoms with Crippen LogP contribution in [0.2, 0.25) is 0 Å². The standard InChI is InChI=1S/C17H20BrNS/c1-2-10-19-17(15-8-9-16(18)20-15)14-11-13(14)12-6-4-3-5-7-12/h3-9,13-14,17,19H,2,10-11H2,1H3. The summed E-state index contributed by atoms with van der Waals surface area (Å²) in [4.78, 5) is 1.47. The van der Waals surface area contributed by atoms with Crippen molar-refractivity contribution in [3.05, 3.63) is 56.7 Å². The summed E-state index contributed by atoms with van der Waals surface area (Å²) in [7, 11) is 0. The average Bonchev–Trinajstić information content (AvgIpc) is 3.15. The molecule has 0 radical (unpaired) electrons. The maximum atomic E-state index is 3.75. The maximum Gasteiger partial charge on any atom is 0.0701 e. The van der Waals surface area contributed by atoms with Gasteiger partial charge in [0.15, 0.2) is 0 Å². The minimum absolute atomic E-state index is 0.511. The zero-order chi connectivity index (χ0) is 13.9. The monoisotopic (exact) mass is 349 g/mol. The lowest BCUT2D eigenvalue weighted by molar-refractivity contribution is 0.480. The number of hydrogen-bond acceptors (Lipinski definition) is 2. The van der Waals surface area contributed by atoms with Crippen LogP contribution in [0.1, 0.15) is 42.2 Å². The van der Waals surface area contributed by atoms with E-state index in [1.54, 1.807) is 0 Å². The van der Waals surface area contributed by atoms with Gasteiger partial charge in [-0.15, -0.1) is 11.3 Å². The van der Waals surface area contributed by atoms with Gasteiger partial charge in [-0.05, 0) is 64.8 Å². The van der Waals surface area contributed by atoms with Gasteiger partial charge in [0.2, 0.25) is 0 Å². The topological polar surface area (TPSA) is 12.0 Å². The van der Waals surface area contributed by atoms with Gasteiger partial charge in [0, 0.05) is 10.9 Å². The fourth-order valence-corrected chi connectivity index (χ4v) is 4.50. The molecule has 1 aliphatic rings. The van der Waals surface area contributed by atoms with Crippen molar-refractivity contribution in [2.24, 2.45) is 5.92 Å². The van der Waals surface area contributed by atoms with Crippen LogP contribution in [-0.2, 0) is 0 Å². The van der Waals surface area contributed by atoms with Crippen molar-refractivity contribution in [1.29, 1.82) is 0 Å². The second-order valence-corrected chi connectivity index (χ2v) is 7.98. The maximum absolute atomic E-state index is 3.75. The summed E-state index contributed by atoms with van der Waals surface area (Å²) in [5.74, 6) is 1.47. The first-order valence-electron chi connectivity index (χ1n) is 7.33. The summed E-state index contributed by atoms with van der Waals surface area (Å²) >= 11 is 5.45. The normalized spacial score (nSPS) is 22.7. The van der Waals surface area contributed by atoms with Crippen LogP contribution in [0.3, 0.4) is 0 Å². The van der Waals surface area contributed by atoms with Crippen molar-refractivity contribution in [3.63, 3.8) is 0 Å². The van der Waals surface area contributed by atoms with Crippen LogP contribution in [0.15, 0.2) is 46.3 Å². The van der Waals surface area contributed by atoms with Gasteiger partial charge in [-0.3, -0.25) is 0 Å². The molecule has 1 aromatic heterocycles. The highest BCUT2D eigenvalue weighted by Gasteiger charge is 2.44. The quantitative estimate of drug-likeness (QED) is 0.740. The van der Waals surface area contributed by atoms with E-state index < -0.39 is 0 Å². The Morgan fingerprint density at radius 1 is 1.25 bits per heavy atom. The fraction of sp³-hybridized carbons (Fsp3) is 0.412. The molecule has 106 valence electrons. The first kappa shape index (κ1) is 14.3.